The Hall–Kier alpha value is -8.54. The zero-order valence-corrected chi connectivity index (χ0v) is 50.2. The molecule has 0 aliphatic carbocycles. The van der Waals surface area contributed by atoms with E-state index < -0.39 is 0 Å². The summed E-state index contributed by atoms with van der Waals surface area (Å²) in [6.07, 6.45) is 0. The summed E-state index contributed by atoms with van der Waals surface area (Å²) in [5, 5.41) is 2.47. The van der Waals surface area contributed by atoms with Crippen molar-refractivity contribution in [2.24, 2.45) is 0 Å². The van der Waals surface area contributed by atoms with Gasteiger partial charge in [0.25, 0.3) is 6.71 Å². The Morgan fingerprint density at radius 2 is 0.829 bits per heavy atom. The summed E-state index contributed by atoms with van der Waals surface area (Å²) in [7, 11) is 0. The van der Waals surface area contributed by atoms with Gasteiger partial charge in [0.05, 0.1) is 16.7 Å². The van der Waals surface area contributed by atoms with Gasteiger partial charge in [0.15, 0.2) is 0 Å². The van der Waals surface area contributed by atoms with Crippen LogP contribution in [0.2, 0.25) is 0 Å². The summed E-state index contributed by atoms with van der Waals surface area (Å²) in [6, 6.07) is 83.2. The highest BCUT2D eigenvalue weighted by atomic mass is 15.2. The number of anilines is 9. The fourth-order valence-electron chi connectivity index (χ4n) is 12.9. The molecular formula is C77H75BN4. The molecule has 0 amide bonds. The summed E-state index contributed by atoms with van der Waals surface area (Å²) in [5.74, 6) is 0. The summed E-state index contributed by atoms with van der Waals surface area (Å²) >= 11 is 0. The largest absolute Gasteiger partial charge is 0.311 e. The van der Waals surface area contributed by atoms with Crippen molar-refractivity contribution in [3.8, 4) is 16.8 Å². The van der Waals surface area contributed by atoms with Crippen LogP contribution in [0.15, 0.2) is 218 Å². The maximum atomic E-state index is 2.62. The van der Waals surface area contributed by atoms with Gasteiger partial charge < -0.3 is 19.3 Å². The Labute approximate surface area is 487 Å². The van der Waals surface area contributed by atoms with Crippen LogP contribution in [0.25, 0.3) is 38.6 Å². The van der Waals surface area contributed by atoms with E-state index in [1.54, 1.807) is 0 Å². The molecule has 406 valence electrons. The minimum absolute atomic E-state index is 0.00334. The highest BCUT2D eigenvalue weighted by Crippen LogP contribution is 2.50. The number of rotatable bonds is 7. The fraction of sp³-hybridized carbons (Fsp3) is 0.221. The van der Waals surface area contributed by atoms with E-state index in [2.05, 4.69) is 328 Å². The van der Waals surface area contributed by atoms with Crippen molar-refractivity contribution in [1.29, 1.82) is 0 Å². The van der Waals surface area contributed by atoms with Crippen LogP contribution in [0.1, 0.15) is 111 Å². The smallest absolute Gasteiger partial charge is 0.252 e. The Morgan fingerprint density at radius 1 is 0.341 bits per heavy atom. The number of benzene rings is 10. The highest BCUT2D eigenvalue weighted by Gasteiger charge is 2.45. The first-order valence-corrected chi connectivity index (χ1v) is 29.4. The van der Waals surface area contributed by atoms with E-state index in [0.29, 0.717) is 0 Å². The predicted octanol–water partition coefficient (Wildman–Crippen LogP) is 19.5. The zero-order valence-electron chi connectivity index (χ0n) is 50.2. The molecule has 0 radical (unpaired) electrons. The Morgan fingerprint density at radius 3 is 1.48 bits per heavy atom. The third kappa shape index (κ3) is 9.01. The Bertz CT molecular complexity index is 4260. The van der Waals surface area contributed by atoms with Gasteiger partial charge in [0.1, 0.15) is 0 Å². The van der Waals surface area contributed by atoms with Gasteiger partial charge >= 0.3 is 0 Å². The third-order valence-electron chi connectivity index (χ3n) is 17.4. The molecule has 0 N–H and O–H groups in total. The van der Waals surface area contributed by atoms with Gasteiger partial charge in [-0.25, -0.2) is 0 Å². The van der Waals surface area contributed by atoms with Crippen molar-refractivity contribution in [2.75, 3.05) is 14.7 Å². The van der Waals surface area contributed by atoms with E-state index >= 15 is 0 Å². The molecule has 0 bridgehead atoms. The molecule has 0 spiro atoms. The fourth-order valence-corrected chi connectivity index (χ4v) is 12.9. The minimum atomic E-state index is -0.0838. The topological polar surface area (TPSA) is 14.7 Å². The third-order valence-corrected chi connectivity index (χ3v) is 17.4. The van der Waals surface area contributed by atoms with Crippen LogP contribution in [-0.2, 0) is 21.7 Å². The number of fused-ring (bicyclic) bond motifs is 7. The van der Waals surface area contributed by atoms with E-state index in [4.69, 9.17) is 0 Å². The van der Waals surface area contributed by atoms with Crippen LogP contribution >= 0.6 is 0 Å². The van der Waals surface area contributed by atoms with E-state index in [0.717, 1.165) is 34.0 Å². The first-order valence-electron chi connectivity index (χ1n) is 29.4. The predicted molar refractivity (Wildman–Crippen MR) is 354 cm³/mol. The summed E-state index contributed by atoms with van der Waals surface area (Å²) in [5.41, 5.74) is 26.5. The van der Waals surface area contributed by atoms with E-state index in [-0.39, 0.29) is 28.4 Å². The van der Waals surface area contributed by atoms with Crippen molar-refractivity contribution in [2.45, 2.75) is 112 Å². The lowest BCUT2D eigenvalue weighted by Gasteiger charge is -2.45. The van der Waals surface area contributed by atoms with E-state index in [9.17, 15) is 0 Å². The molecule has 0 saturated heterocycles. The van der Waals surface area contributed by atoms with Crippen LogP contribution in [0.5, 0.6) is 0 Å². The molecule has 0 unspecified atom stereocenters. The lowest BCUT2D eigenvalue weighted by atomic mass is 9.33. The molecule has 11 aromatic rings. The van der Waals surface area contributed by atoms with Crippen LogP contribution in [0.4, 0.5) is 51.2 Å². The van der Waals surface area contributed by atoms with E-state index in [1.807, 2.05) is 0 Å². The number of hydrogen-bond donors (Lipinski definition) is 0. The van der Waals surface area contributed by atoms with Gasteiger partial charge in [-0.1, -0.05) is 204 Å². The quantitative estimate of drug-likeness (QED) is 0.148. The average Bonchev–Trinajstić information content (AvgIpc) is 3.96. The average molecular weight is 1070 g/mol. The lowest BCUT2D eigenvalue weighted by Crippen LogP contribution is -2.61. The standard InChI is InChI=1S/C77H75BN4/c1-50-44-71-73-72(45-50)82(67-43-33-54(76(8,9)10)46-63(67)51-22-16-14-17-23-51)69-47-55(77(11,12)13)32-41-64(69)78(73)65-42-39-60(49-70(65)81(71)58-36-30-53(31-37-58)75(5,6)7)79(57-34-28-52(29-35-57)74(2,3)4)59-38-40-62-61-26-20-21-27-66(61)80(68(62)48-59)56-24-18-15-19-25-56/h14-49H,1-13H3. The molecule has 3 heterocycles. The molecule has 10 aromatic carbocycles. The number of para-hydroxylation sites is 2. The summed E-state index contributed by atoms with van der Waals surface area (Å²) in [6.45, 7) is 30.0. The second-order valence-corrected chi connectivity index (χ2v) is 27.3. The minimum Gasteiger partial charge on any atom is -0.311 e. The summed E-state index contributed by atoms with van der Waals surface area (Å²) in [4.78, 5) is 7.68. The van der Waals surface area contributed by atoms with Gasteiger partial charge in [0, 0.05) is 67.5 Å². The molecule has 82 heavy (non-hydrogen) atoms. The molecule has 0 saturated carbocycles. The number of aromatic nitrogens is 1. The van der Waals surface area contributed by atoms with Crippen LogP contribution in [0, 0.1) is 6.92 Å². The van der Waals surface area contributed by atoms with Gasteiger partial charge in [-0.15, -0.1) is 0 Å². The van der Waals surface area contributed by atoms with Crippen LogP contribution in [0.3, 0.4) is 0 Å². The molecule has 1 aromatic heterocycles. The van der Waals surface area contributed by atoms with Crippen molar-refractivity contribution >= 4 is 96.1 Å². The Balaban J connectivity index is 1.09. The lowest BCUT2D eigenvalue weighted by molar-refractivity contribution is 0.590. The highest BCUT2D eigenvalue weighted by molar-refractivity contribution is 7.00. The van der Waals surface area contributed by atoms with Gasteiger partial charge in [-0.3, -0.25) is 0 Å². The second kappa shape index (κ2) is 19.3. The maximum absolute atomic E-state index is 2.62. The number of aryl methyl sites for hydroxylation is 1. The van der Waals surface area contributed by atoms with Gasteiger partial charge in [-0.2, -0.15) is 0 Å². The number of hydrogen-bond acceptors (Lipinski definition) is 3. The van der Waals surface area contributed by atoms with Crippen LogP contribution < -0.4 is 31.1 Å². The molecule has 2 aliphatic rings. The second-order valence-electron chi connectivity index (χ2n) is 27.3. The first-order chi connectivity index (χ1) is 39.1. The van der Waals surface area contributed by atoms with Gasteiger partial charge in [0.2, 0.25) is 0 Å². The summed E-state index contributed by atoms with van der Waals surface area (Å²) < 4.78 is 2.43. The molecule has 4 nitrogen and oxygen atoms in total. The zero-order chi connectivity index (χ0) is 57.2. The van der Waals surface area contributed by atoms with Crippen molar-refractivity contribution in [3.05, 3.63) is 246 Å². The normalized spacial score (nSPS) is 13.4. The van der Waals surface area contributed by atoms with Gasteiger partial charge in [-0.05, 0) is 175 Å². The molecular weight excluding hydrogens is 992 g/mol. The first kappa shape index (κ1) is 52.8. The molecule has 13 rings (SSSR count). The SMILES string of the molecule is Cc1cc2c3c(c1)N(c1ccc(C(C)(C)C)cc1-c1ccccc1)c1cc(C(C)(C)C)ccc1B3c1ccc(N(c3ccc(C(C)(C)C)cc3)c3ccc4c5ccccc5n(-c5ccccc5)c4c3)cc1N2c1ccc(C(C)(C)C)cc1. The van der Waals surface area contributed by atoms with E-state index in [1.165, 1.54) is 100 Å². The molecule has 2 aliphatic heterocycles. The Kier molecular flexibility index (Phi) is 12.4. The molecule has 5 heteroatoms. The van der Waals surface area contributed by atoms with Crippen molar-refractivity contribution in [3.63, 3.8) is 0 Å². The van der Waals surface area contributed by atoms with Crippen molar-refractivity contribution < 1.29 is 0 Å². The van der Waals surface area contributed by atoms with Crippen LogP contribution in [-0.4, -0.2) is 11.3 Å². The maximum Gasteiger partial charge on any atom is 0.252 e. The van der Waals surface area contributed by atoms with Crippen molar-refractivity contribution in [1.82, 2.24) is 4.57 Å². The molecule has 0 atom stereocenters. The monoisotopic (exact) mass is 1070 g/mol. The molecule has 0 fully saturated rings. The number of nitrogens with zero attached hydrogens (tertiary/aromatic N) is 4.